The van der Waals surface area contributed by atoms with Crippen LogP contribution in [0.15, 0.2) is 89.7 Å². The average molecular weight is 838 g/mol. The molecule has 5 heterocycles. The van der Waals surface area contributed by atoms with Gasteiger partial charge in [0.1, 0.15) is 11.5 Å². The van der Waals surface area contributed by atoms with E-state index in [1.165, 1.54) is 0 Å². The summed E-state index contributed by atoms with van der Waals surface area (Å²) in [7, 11) is 3.42. The van der Waals surface area contributed by atoms with Crippen molar-refractivity contribution in [3.05, 3.63) is 122 Å². The molecular weight excluding hydrogens is 797 g/mol. The number of rotatable bonds is 5. The number of halogens is 3. The second-order valence-corrected chi connectivity index (χ2v) is 15.5. The van der Waals surface area contributed by atoms with Crippen LogP contribution in [0, 0.1) is 27.7 Å². The van der Waals surface area contributed by atoms with Crippen LogP contribution in [0.4, 0.5) is 5.69 Å². The van der Waals surface area contributed by atoms with Crippen LogP contribution in [-0.4, -0.2) is 59.6 Å². The summed E-state index contributed by atoms with van der Waals surface area (Å²) in [6.45, 7) is 11.5. The van der Waals surface area contributed by atoms with Gasteiger partial charge in [-0.3, -0.25) is 9.97 Å². The van der Waals surface area contributed by atoms with Gasteiger partial charge in [0.2, 0.25) is 0 Å². The normalized spacial score (nSPS) is 13.1. The summed E-state index contributed by atoms with van der Waals surface area (Å²) in [5.74, 6) is 1.72. The lowest BCUT2D eigenvalue weighted by Gasteiger charge is -2.29. The first kappa shape index (κ1) is 37.1. The highest BCUT2D eigenvalue weighted by molar-refractivity contribution is 9.10. The van der Waals surface area contributed by atoms with E-state index in [-0.39, 0.29) is 0 Å². The summed E-state index contributed by atoms with van der Waals surface area (Å²) < 4.78 is 22.2. The Labute approximate surface area is 338 Å². The molecule has 1 aliphatic heterocycles. The van der Waals surface area contributed by atoms with Crippen molar-refractivity contribution in [3.63, 3.8) is 0 Å². The minimum absolute atomic E-state index is 0.703. The van der Waals surface area contributed by atoms with Crippen LogP contribution >= 0.6 is 39.1 Å². The maximum atomic E-state index is 6.36. The van der Waals surface area contributed by atoms with E-state index in [0.29, 0.717) is 10.0 Å². The van der Waals surface area contributed by atoms with E-state index in [2.05, 4.69) is 93.5 Å². The van der Waals surface area contributed by atoms with Crippen molar-refractivity contribution in [2.45, 2.75) is 27.7 Å². The largest absolute Gasteiger partial charge is 0.496 e. The van der Waals surface area contributed by atoms with E-state index in [4.69, 9.17) is 47.4 Å². The molecule has 0 radical (unpaired) electrons. The Hall–Kier alpha value is -4.80. The number of benzene rings is 4. The molecule has 8 aromatic rings. The van der Waals surface area contributed by atoms with Gasteiger partial charge in [-0.2, -0.15) is 0 Å². The number of anilines is 1. The van der Waals surface area contributed by atoms with Crippen LogP contribution in [0.5, 0.6) is 11.5 Å². The van der Waals surface area contributed by atoms with Crippen molar-refractivity contribution >= 4 is 88.4 Å². The zero-order valence-corrected chi connectivity index (χ0v) is 34.6. The molecule has 0 bridgehead atoms. The van der Waals surface area contributed by atoms with E-state index in [1.807, 2.05) is 49.4 Å². The predicted molar refractivity (Wildman–Crippen MR) is 230 cm³/mol. The number of morpholine rings is 1. The van der Waals surface area contributed by atoms with Crippen molar-refractivity contribution in [3.8, 4) is 22.9 Å². The molecule has 11 heteroatoms. The summed E-state index contributed by atoms with van der Waals surface area (Å²) in [6.07, 6.45) is 4.18. The van der Waals surface area contributed by atoms with Crippen molar-refractivity contribution in [2.24, 2.45) is 0 Å². The molecule has 0 N–H and O–H groups in total. The van der Waals surface area contributed by atoms with Crippen molar-refractivity contribution < 1.29 is 14.2 Å². The third-order valence-corrected chi connectivity index (χ3v) is 11.5. The Morgan fingerprint density at radius 3 is 1.62 bits per heavy atom. The first-order valence-corrected chi connectivity index (χ1v) is 19.6. The molecule has 0 unspecified atom stereocenters. The van der Waals surface area contributed by atoms with Gasteiger partial charge >= 0.3 is 0 Å². The maximum absolute atomic E-state index is 6.36. The molecule has 0 aliphatic carbocycles. The Morgan fingerprint density at radius 1 is 0.618 bits per heavy atom. The fourth-order valence-electron chi connectivity index (χ4n) is 7.59. The highest BCUT2D eigenvalue weighted by atomic mass is 79.9. The van der Waals surface area contributed by atoms with Gasteiger partial charge in [0.25, 0.3) is 0 Å². The number of ether oxygens (including phenoxy) is 3. The Kier molecular flexibility index (Phi) is 10.2. The first-order chi connectivity index (χ1) is 26.6. The molecule has 1 fully saturated rings. The summed E-state index contributed by atoms with van der Waals surface area (Å²) in [6, 6.07) is 24.3. The Balaban J connectivity index is 0.000000158. The summed E-state index contributed by atoms with van der Waals surface area (Å²) in [4.78, 5) is 11.8. The molecule has 0 saturated carbocycles. The summed E-state index contributed by atoms with van der Waals surface area (Å²) >= 11 is 16.2. The molecule has 1 aliphatic rings. The monoisotopic (exact) mass is 835 g/mol. The minimum atomic E-state index is 0.703. The second kappa shape index (κ2) is 15.0. The van der Waals surface area contributed by atoms with Crippen molar-refractivity contribution in [1.82, 2.24) is 19.1 Å². The number of fused-ring (bicyclic) bond motifs is 4. The third kappa shape index (κ3) is 6.77. The Morgan fingerprint density at radius 2 is 1.11 bits per heavy atom. The lowest BCUT2D eigenvalue weighted by molar-refractivity contribution is 0.122. The van der Waals surface area contributed by atoms with E-state index < -0.39 is 0 Å². The van der Waals surface area contributed by atoms with Gasteiger partial charge in [0.15, 0.2) is 0 Å². The van der Waals surface area contributed by atoms with Crippen LogP contribution in [0.25, 0.3) is 55.0 Å². The lowest BCUT2D eigenvalue weighted by atomic mass is 10.1. The minimum Gasteiger partial charge on any atom is -0.496 e. The van der Waals surface area contributed by atoms with Gasteiger partial charge in [-0.1, -0.05) is 39.1 Å². The summed E-state index contributed by atoms with van der Waals surface area (Å²) in [5.41, 5.74) is 11.7. The van der Waals surface area contributed by atoms with E-state index in [0.717, 1.165) is 125 Å². The molecule has 9 rings (SSSR count). The number of aryl methyl sites for hydroxylation is 2. The molecule has 0 spiro atoms. The Bertz CT molecular complexity index is 2770. The predicted octanol–water partition coefficient (Wildman–Crippen LogP) is 11.5. The topological polar surface area (TPSA) is 66.6 Å². The van der Waals surface area contributed by atoms with Crippen LogP contribution in [0.2, 0.25) is 10.0 Å². The number of nitrogens with zero attached hydrogens (tertiary/aromatic N) is 5. The maximum Gasteiger partial charge on any atom is 0.130 e. The van der Waals surface area contributed by atoms with Gasteiger partial charge in [0, 0.05) is 84.7 Å². The molecule has 55 heavy (non-hydrogen) atoms. The average Bonchev–Trinajstić information content (AvgIpc) is 3.80. The number of hydrogen-bond donors (Lipinski definition) is 0. The second-order valence-electron chi connectivity index (χ2n) is 13.8. The lowest BCUT2D eigenvalue weighted by Crippen LogP contribution is -2.36. The van der Waals surface area contributed by atoms with Gasteiger partial charge in [-0.25, -0.2) is 0 Å². The zero-order valence-electron chi connectivity index (χ0n) is 31.5. The van der Waals surface area contributed by atoms with Crippen LogP contribution in [-0.2, 0) is 4.74 Å². The third-order valence-electron chi connectivity index (χ3n) is 10.6. The number of methoxy groups -OCH3 is 2. The van der Waals surface area contributed by atoms with Crippen molar-refractivity contribution in [1.29, 1.82) is 0 Å². The van der Waals surface area contributed by atoms with Gasteiger partial charge < -0.3 is 28.2 Å². The van der Waals surface area contributed by atoms with E-state index >= 15 is 0 Å². The van der Waals surface area contributed by atoms with Crippen LogP contribution in [0.1, 0.15) is 22.5 Å². The fourth-order valence-corrected chi connectivity index (χ4v) is 8.36. The zero-order chi connectivity index (χ0) is 38.5. The van der Waals surface area contributed by atoms with Gasteiger partial charge in [-0.15, -0.1) is 0 Å². The molecule has 4 aromatic heterocycles. The quantitative estimate of drug-likeness (QED) is 0.172. The van der Waals surface area contributed by atoms with E-state index in [9.17, 15) is 0 Å². The number of pyridine rings is 2. The smallest absolute Gasteiger partial charge is 0.130 e. The first-order valence-electron chi connectivity index (χ1n) is 18.1. The molecule has 0 atom stereocenters. The SMILES string of the molecule is COc1cc(Br)cc2c1ccn2-c1c(C)c(C)nc2ccc(Cl)cc12.COc1cc(N2CCOCC2)cc2c1ccn2-c1c(C)c(C)nc2ccc(Cl)cc12. The molecular formula is C44H40BrCl2N5O3. The van der Waals surface area contributed by atoms with Gasteiger partial charge in [-0.05, 0) is 106 Å². The van der Waals surface area contributed by atoms with Gasteiger partial charge in [0.05, 0.1) is 60.9 Å². The molecule has 4 aromatic carbocycles. The van der Waals surface area contributed by atoms with E-state index in [1.54, 1.807) is 14.2 Å². The molecule has 8 nitrogen and oxygen atoms in total. The van der Waals surface area contributed by atoms with Crippen molar-refractivity contribution in [2.75, 3.05) is 45.4 Å². The molecule has 0 amide bonds. The number of aromatic nitrogens is 4. The molecule has 280 valence electrons. The fraction of sp³-hybridized carbons (Fsp3) is 0.227. The van der Waals surface area contributed by atoms with Crippen LogP contribution in [0.3, 0.4) is 0 Å². The number of hydrogen-bond acceptors (Lipinski definition) is 6. The molecule has 1 saturated heterocycles. The highest BCUT2D eigenvalue weighted by Gasteiger charge is 2.20. The summed E-state index contributed by atoms with van der Waals surface area (Å²) in [5, 5.41) is 5.63. The van der Waals surface area contributed by atoms with Crippen LogP contribution < -0.4 is 14.4 Å². The highest BCUT2D eigenvalue weighted by Crippen LogP contribution is 2.39. The standard InChI is InChI=1S/C24H24ClN3O2.C20H16BrClN2O/c1-15-16(2)26-21-5-4-17(25)12-20(21)24(15)28-7-6-19-22(28)13-18(14-23(19)29-3)27-8-10-30-11-9-27;1-11-12(2)23-17-5-4-14(22)10-16(17)20(11)24-7-6-15-18(24)8-13(21)9-19(15)25-3/h4-7,12-14H,8-11H2,1-3H3;4-10H,1-3H3.